The zero-order valence-electron chi connectivity index (χ0n) is 11.3. The Morgan fingerprint density at radius 3 is 2.62 bits per heavy atom. The number of thioether (sulfide) groups is 1. The highest BCUT2D eigenvalue weighted by Gasteiger charge is 2.07. The Balaban J connectivity index is 1.63. The van der Waals surface area contributed by atoms with Gasteiger partial charge in [0.2, 0.25) is 0 Å². The number of benzene rings is 3. The SMILES string of the molecule is c1ccc2c(CSc3nc4ccccc4o3)cccc2c1. The van der Waals surface area contributed by atoms with Crippen LogP contribution in [-0.4, -0.2) is 4.98 Å². The van der Waals surface area contributed by atoms with E-state index in [0.29, 0.717) is 0 Å². The molecule has 0 atom stereocenters. The molecule has 3 aromatic carbocycles. The van der Waals surface area contributed by atoms with Crippen molar-refractivity contribution in [1.82, 2.24) is 4.98 Å². The van der Waals surface area contributed by atoms with E-state index in [4.69, 9.17) is 4.42 Å². The van der Waals surface area contributed by atoms with Crippen LogP contribution in [0.3, 0.4) is 0 Å². The molecule has 1 aromatic heterocycles. The van der Waals surface area contributed by atoms with Crippen LogP contribution in [-0.2, 0) is 5.75 Å². The van der Waals surface area contributed by atoms with Crippen LogP contribution in [0.1, 0.15) is 5.56 Å². The minimum absolute atomic E-state index is 0.726. The van der Waals surface area contributed by atoms with Crippen LogP contribution in [0.15, 0.2) is 76.4 Å². The molecule has 4 aromatic rings. The molecule has 0 aliphatic heterocycles. The minimum Gasteiger partial charge on any atom is -0.431 e. The molecule has 0 radical (unpaired) electrons. The summed E-state index contributed by atoms with van der Waals surface area (Å²) in [5.41, 5.74) is 3.07. The largest absolute Gasteiger partial charge is 0.431 e. The molecule has 0 spiro atoms. The third kappa shape index (κ3) is 2.41. The van der Waals surface area contributed by atoms with E-state index in [-0.39, 0.29) is 0 Å². The molecule has 102 valence electrons. The fourth-order valence-corrected chi connectivity index (χ4v) is 3.31. The second-order valence-electron chi connectivity index (χ2n) is 4.87. The topological polar surface area (TPSA) is 26.0 Å². The second kappa shape index (κ2) is 5.26. The van der Waals surface area contributed by atoms with E-state index < -0.39 is 0 Å². The van der Waals surface area contributed by atoms with Crippen LogP contribution >= 0.6 is 11.8 Å². The van der Waals surface area contributed by atoms with Crippen LogP contribution in [0, 0.1) is 0 Å². The van der Waals surface area contributed by atoms with Gasteiger partial charge in [-0.1, -0.05) is 66.4 Å². The smallest absolute Gasteiger partial charge is 0.257 e. The van der Waals surface area contributed by atoms with Crippen molar-refractivity contribution in [1.29, 1.82) is 0 Å². The van der Waals surface area contributed by atoms with E-state index in [2.05, 4.69) is 47.4 Å². The zero-order valence-corrected chi connectivity index (χ0v) is 12.1. The van der Waals surface area contributed by atoms with Gasteiger partial charge in [-0.05, 0) is 28.5 Å². The van der Waals surface area contributed by atoms with Crippen molar-refractivity contribution in [2.45, 2.75) is 11.0 Å². The minimum atomic E-state index is 0.726. The summed E-state index contributed by atoms with van der Waals surface area (Å²) in [5, 5.41) is 3.29. The molecule has 0 aliphatic carbocycles. The average molecular weight is 291 g/mol. The summed E-state index contributed by atoms with van der Waals surface area (Å²) in [6.45, 7) is 0. The van der Waals surface area contributed by atoms with Crippen molar-refractivity contribution in [3.05, 3.63) is 72.3 Å². The van der Waals surface area contributed by atoms with Gasteiger partial charge in [-0.15, -0.1) is 0 Å². The first kappa shape index (κ1) is 12.5. The quantitative estimate of drug-likeness (QED) is 0.481. The predicted molar refractivity (Wildman–Crippen MR) is 87.5 cm³/mol. The van der Waals surface area contributed by atoms with Crippen LogP contribution < -0.4 is 0 Å². The summed E-state index contributed by atoms with van der Waals surface area (Å²) in [6, 6.07) is 22.7. The lowest BCUT2D eigenvalue weighted by molar-refractivity contribution is 0.489. The van der Waals surface area contributed by atoms with Crippen molar-refractivity contribution in [3.63, 3.8) is 0 Å². The lowest BCUT2D eigenvalue weighted by atomic mass is 10.1. The van der Waals surface area contributed by atoms with Crippen LogP contribution in [0.5, 0.6) is 0 Å². The van der Waals surface area contributed by atoms with E-state index >= 15 is 0 Å². The lowest BCUT2D eigenvalue weighted by Gasteiger charge is -2.04. The average Bonchev–Trinajstić information content (AvgIpc) is 2.96. The van der Waals surface area contributed by atoms with E-state index in [1.165, 1.54) is 16.3 Å². The van der Waals surface area contributed by atoms with Gasteiger partial charge in [0.1, 0.15) is 5.52 Å². The molecule has 21 heavy (non-hydrogen) atoms. The van der Waals surface area contributed by atoms with Gasteiger partial charge < -0.3 is 4.42 Å². The van der Waals surface area contributed by atoms with Gasteiger partial charge in [0.05, 0.1) is 0 Å². The summed E-state index contributed by atoms with van der Waals surface area (Å²) in [5.74, 6) is 0.855. The highest BCUT2D eigenvalue weighted by Crippen LogP contribution is 2.29. The first-order valence-electron chi connectivity index (χ1n) is 6.85. The Hall–Kier alpha value is -2.26. The molecule has 0 N–H and O–H groups in total. The van der Waals surface area contributed by atoms with E-state index in [1.54, 1.807) is 11.8 Å². The van der Waals surface area contributed by atoms with Gasteiger partial charge in [-0.25, -0.2) is 4.98 Å². The molecule has 0 saturated heterocycles. The van der Waals surface area contributed by atoms with Gasteiger partial charge in [-0.3, -0.25) is 0 Å². The third-order valence-electron chi connectivity index (χ3n) is 3.51. The number of oxazole rings is 1. The Labute approximate surface area is 126 Å². The molecule has 0 fully saturated rings. The summed E-state index contributed by atoms with van der Waals surface area (Å²) in [6.07, 6.45) is 0. The molecular formula is C18H13NOS. The van der Waals surface area contributed by atoms with Crippen LogP contribution in [0.4, 0.5) is 0 Å². The maximum Gasteiger partial charge on any atom is 0.257 e. The number of nitrogens with zero attached hydrogens (tertiary/aromatic N) is 1. The van der Waals surface area contributed by atoms with Crippen molar-refractivity contribution < 1.29 is 4.42 Å². The number of aromatic nitrogens is 1. The van der Waals surface area contributed by atoms with Gasteiger partial charge in [0, 0.05) is 5.75 Å². The van der Waals surface area contributed by atoms with Gasteiger partial charge in [-0.2, -0.15) is 0 Å². The van der Waals surface area contributed by atoms with Crippen molar-refractivity contribution in [3.8, 4) is 0 Å². The molecule has 1 heterocycles. The van der Waals surface area contributed by atoms with Gasteiger partial charge in [0.25, 0.3) is 5.22 Å². The first-order chi connectivity index (χ1) is 10.4. The number of hydrogen-bond donors (Lipinski definition) is 0. The Kier molecular flexibility index (Phi) is 3.13. The Morgan fingerprint density at radius 2 is 1.67 bits per heavy atom. The third-order valence-corrected chi connectivity index (χ3v) is 4.38. The van der Waals surface area contributed by atoms with E-state index in [0.717, 1.165) is 22.1 Å². The summed E-state index contributed by atoms with van der Waals surface area (Å²) < 4.78 is 5.75. The highest BCUT2D eigenvalue weighted by molar-refractivity contribution is 7.98. The predicted octanol–water partition coefficient (Wildman–Crippen LogP) is 5.27. The van der Waals surface area contributed by atoms with Crippen molar-refractivity contribution >= 4 is 33.6 Å². The maximum atomic E-state index is 5.75. The molecular weight excluding hydrogens is 278 g/mol. The standard InChI is InChI=1S/C18H13NOS/c1-2-9-15-13(6-1)7-5-8-14(15)12-21-18-19-16-10-3-4-11-17(16)20-18/h1-11H,12H2. The molecule has 2 nitrogen and oxygen atoms in total. The molecule has 0 saturated carbocycles. The Bertz CT molecular complexity index is 875. The maximum absolute atomic E-state index is 5.75. The molecule has 4 rings (SSSR count). The molecule has 0 aliphatic rings. The number of fused-ring (bicyclic) bond motifs is 2. The fourth-order valence-electron chi connectivity index (χ4n) is 2.47. The second-order valence-corrected chi connectivity index (χ2v) is 5.80. The number of hydrogen-bond acceptors (Lipinski definition) is 3. The number of rotatable bonds is 3. The monoisotopic (exact) mass is 291 g/mol. The highest BCUT2D eigenvalue weighted by atomic mass is 32.2. The van der Waals surface area contributed by atoms with Crippen LogP contribution in [0.2, 0.25) is 0 Å². The summed E-state index contributed by atoms with van der Waals surface area (Å²) in [7, 11) is 0. The first-order valence-corrected chi connectivity index (χ1v) is 7.84. The lowest BCUT2D eigenvalue weighted by Crippen LogP contribution is -1.83. The molecule has 0 bridgehead atoms. The Morgan fingerprint density at radius 1 is 0.857 bits per heavy atom. The van der Waals surface area contributed by atoms with Gasteiger partial charge >= 0.3 is 0 Å². The van der Waals surface area contributed by atoms with Gasteiger partial charge in [0.15, 0.2) is 5.58 Å². The molecule has 0 amide bonds. The molecule has 0 unspecified atom stereocenters. The summed E-state index contributed by atoms with van der Waals surface area (Å²) >= 11 is 1.64. The number of para-hydroxylation sites is 2. The van der Waals surface area contributed by atoms with Crippen molar-refractivity contribution in [2.75, 3.05) is 0 Å². The fraction of sp³-hybridized carbons (Fsp3) is 0.0556. The van der Waals surface area contributed by atoms with E-state index in [9.17, 15) is 0 Å². The van der Waals surface area contributed by atoms with Crippen molar-refractivity contribution in [2.24, 2.45) is 0 Å². The molecule has 3 heteroatoms. The summed E-state index contributed by atoms with van der Waals surface area (Å²) in [4.78, 5) is 4.50. The van der Waals surface area contributed by atoms with E-state index in [1.807, 2.05) is 24.3 Å². The zero-order chi connectivity index (χ0) is 14.1. The van der Waals surface area contributed by atoms with Crippen LogP contribution in [0.25, 0.3) is 21.9 Å². The normalized spacial score (nSPS) is 11.2.